The molecule has 3 atom stereocenters. The molecule has 2 saturated carbocycles. The summed E-state index contributed by atoms with van der Waals surface area (Å²) in [6, 6.07) is 18.7. The predicted octanol–water partition coefficient (Wildman–Crippen LogP) is 6.68. The van der Waals surface area contributed by atoms with Gasteiger partial charge in [0.1, 0.15) is 5.75 Å². The minimum Gasteiger partial charge on any atom is -0.490 e. The Morgan fingerprint density at radius 2 is 1.77 bits per heavy atom. The van der Waals surface area contributed by atoms with Crippen LogP contribution in [0.4, 0.5) is 0 Å². The van der Waals surface area contributed by atoms with E-state index in [4.69, 9.17) is 9.47 Å². The second-order valence-corrected chi connectivity index (χ2v) is 11.0. The highest BCUT2D eigenvalue weighted by molar-refractivity contribution is 5.91. The zero-order chi connectivity index (χ0) is 26.9. The largest absolute Gasteiger partial charge is 0.490 e. The molecule has 2 aromatic heterocycles. The lowest BCUT2D eigenvalue weighted by atomic mass is 9.86. The third-order valence-corrected chi connectivity index (χ3v) is 8.40. The lowest BCUT2D eigenvalue weighted by Gasteiger charge is -2.28. The van der Waals surface area contributed by atoms with E-state index in [1.165, 1.54) is 39.2 Å². The molecule has 0 amide bonds. The zero-order valence-corrected chi connectivity index (χ0v) is 22.9. The Hall–Kier alpha value is -3.87. The number of ether oxygens (including phenoxy) is 2. The number of hydrogen-bond donors (Lipinski definition) is 0. The molecule has 2 aliphatic carbocycles. The van der Waals surface area contributed by atoms with Crippen molar-refractivity contribution in [2.75, 3.05) is 7.11 Å². The van der Waals surface area contributed by atoms with Crippen molar-refractivity contribution in [1.29, 1.82) is 0 Å². The van der Waals surface area contributed by atoms with Crippen molar-refractivity contribution in [2.45, 2.75) is 63.4 Å². The molecule has 0 saturated heterocycles. The third kappa shape index (κ3) is 5.22. The van der Waals surface area contributed by atoms with E-state index in [1.54, 1.807) is 4.68 Å². The standard InChI is InChI=1S/C32H36N4O3/c1-21(22-9-5-4-6-10-22)39-26-14-8-12-24(18-26)23-11-7-13-25(17-23)36-16-15-27(32(37)38-3)31(36)29-19-28(29)30-20-35(2)34-33-30/h7-8,11-18,20-22,28-29H,4-6,9-10,19H2,1-3H3/t21-,28?,29?/m0/s1. The number of nitrogens with zero attached hydrogens (tertiary/aromatic N) is 4. The summed E-state index contributed by atoms with van der Waals surface area (Å²) in [5, 5.41) is 8.43. The van der Waals surface area contributed by atoms with Gasteiger partial charge in [-0.2, -0.15) is 0 Å². The maximum absolute atomic E-state index is 12.7. The second kappa shape index (κ2) is 10.7. The zero-order valence-electron chi connectivity index (χ0n) is 22.9. The van der Waals surface area contributed by atoms with Crippen molar-refractivity contribution >= 4 is 5.97 Å². The number of carbonyl (C=O) groups excluding carboxylic acids is 1. The predicted molar refractivity (Wildman–Crippen MR) is 150 cm³/mol. The van der Waals surface area contributed by atoms with Gasteiger partial charge in [0.2, 0.25) is 0 Å². The summed E-state index contributed by atoms with van der Waals surface area (Å²) in [5.74, 6) is 1.64. The van der Waals surface area contributed by atoms with E-state index in [2.05, 4.69) is 70.3 Å². The second-order valence-electron chi connectivity index (χ2n) is 11.0. The molecule has 0 N–H and O–H groups in total. The molecule has 2 unspecified atom stereocenters. The van der Waals surface area contributed by atoms with Gasteiger partial charge in [-0.05, 0) is 73.6 Å². The minimum absolute atomic E-state index is 0.174. The first-order valence-electron chi connectivity index (χ1n) is 14.0. The van der Waals surface area contributed by atoms with Gasteiger partial charge in [0.05, 0.1) is 24.5 Å². The van der Waals surface area contributed by atoms with E-state index in [0.717, 1.165) is 40.4 Å². The summed E-state index contributed by atoms with van der Waals surface area (Å²) in [6.07, 6.45) is 11.6. The highest BCUT2D eigenvalue weighted by Crippen LogP contribution is 2.55. The smallest absolute Gasteiger partial charge is 0.339 e. The van der Waals surface area contributed by atoms with E-state index in [0.29, 0.717) is 11.5 Å². The van der Waals surface area contributed by atoms with Crippen molar-refractivity contribution < 1.29 is 14.3 Å². The number of hydrogen-bond acceptors (Lipinski definition) is 5. The summed E-state index contributed by atoms with van der Waals surface area (Å²) in [7, 11) is 3.31. The number of esters is 1. The van der Waals surface area contributed by atoms with Gasteiger partial charge in [0.15, 0.2) is 0 Å². The summed E-state index contributed by atoms with van der Waals surface area (Å²) in [5.41, 5.74) is 5.74. The van der Waals surface area contributed by atoms with Crippen molar-refractivity contribution in [3.63, 3.8) is 0 Å². The van der Waals surface area contributed by atoms with E-state index in [1.807, 2.05) is 25.5 Å². The van der Waals surface area contributed by atoms with Crippen molar-refractivity contribution in [3.8, 4) is 22.6 Å². The first-order chi connectivity index (χ1) is 19.0. The van der Waals surface area contributed by atoms with Crippen LogP contribution in [0, 0.1) is 5.92 Å². The van der Waals surface area contributed by atoms with Gasteiger partial charge in [0.25, 0.3) is 0 Å². The Kier molecular flexibility index (Phi) is 6.98. The van der Waals surface area contributed by atoms with E-state index in [-0.39, 0.29) is 23.9 Å². The normalized spacial score (nSPS) is 20.0. The average Bonchev–Trinajstić information content (AvgIpc) is 3.42. The summed E-state index contributed by atoms with van der Waals surface area (Å²) < 4.78 is 15.4. The molecule has 0 radical (unpaired) electrons. The molecule has 2 heterocycles. The van der Waals surface area contributed by atoms with Crippen LogP contribution < -0.4 is 4.74 Å². The van der Waals surface area contributed by atoms with Gasteiger partial charge in [-0.1, -0.05) is 48.7 Å². The van der Waals surface area contributed by atoms with Crippen LogP contribution in [0.1, 0.15) is 79.0 Å². The molecule has 39 heavy (non-hydrogen) atoms. The molecule has 6 rings (SSSR count). The first-order valence-corrected chi connectivity index (χ1v) is 14.0. The Balaban J connectivity index is 1.29. The maximum Gasteiger partial charge on any atom is 0.339 e. The lowest BCUT2D eigenvalue weighted by molar-refractivity contribution is 0.0599. The molecule has 7 nitrogen and oxygen atoms in total. The Morgan fingerprint density at radius 3 is 2.51 bits per heavy atom. The minimum atomic E-state index is -0.318. The van der Waals surface area contributed by atoms with E-state index in [9.17, 15) is 4.79 Å². The molecule has 4 aromatic rings. The Labute approximate surface area is 229 Å². The number of aromatic nitrogens is 4. The molecule has 0 spiro atoms. The van der Waals surface area contributed by atoms with Crippen LogP contribution in [-0.2, 0) is 11.8 Å². The van der Waals surface area contributed by atoms with Crippen LogP contribution in [-0.4, -0.2) is 38.7 Å². The van der Waals surface area contributed by atoms with Gasteiger partial charge >= 0.3 is 5.97 Å². The Bertz CT molecular complexity index is 1470. The maximum atomic E-state index is 12.7. The number of aryl methyl sites for hydroxylation is 1. The van der Waals surface area contributed by atoms with Gasteiger partial charge in [-0.3, -0.25) is 4.68 Å². The summed E-state index contributed by atoms with van der Waals surface area (Å²) in [6.45, 7) is 2.21. The van der Waals surface area contributed by atoms with Crippen LogP contribution in [0.2, 0.25) is 0 Å². The quantitative estimate of drug-likeness (QED) is 0.241. The highest BCUT2D eigenvalue weighted by atomic mass is 16.5. The molecular formula is C32H36N4O3. The lowest BCUT2D eigenvalue weighted by Crippen LogP contribution is -2.25. The Morgan fingerprint density at radius 1 is 1.00 bits per heavy atom. The van der Waals surface area contributed by atoms with Crippen molar-refractivity contribution in [3.05, 3.63) is 83.9 Å². The SMILES string of the molecule is COC(=O)c1ccn(-c2cccc(-c3cccc(O[C@@H](C)C4CCCCC4)c3)c2)c1C1CC1c1cn(C)nn1. The van der Waals surface area contributed by atoms with Crippen LogP contribution in [0.25, 0.3) is 16.8 Å². The molecule has 2 fully saturated rings. The number of methoxy groups -OCH3 is 1. The van der Waals surface area contributed by atoms with Crippen LogP contribution in [0.3, 0.4) is 0 Å². The monoisotopic (exact) mass is 524 g/mol. The van der Waals surface area contributed by atoms with Crippen LogP contribution >= 0.6 is 0 Å². The number of rotatable bonds is 8. The molecule has 7 heteroatoms. The average molecular weight is 525 g/mol. The van der Waals surface area contributed by atoms with Gasteiger partial charge < -0.3 is 14.0 Å². The van der Waals surface area contributed by atoms with Crippen LogP contribution in [0.5, 0.6) is 5.75 Å². The molecule has 2 aliphatic rings. The molecule has 0 bridgehead atoms. The van der Waals surface area contributed by atoms with E-state index >= 15 is 0 Å². The summed E-state index contributed by atoms with van der Waals surface area (Å²) in [4.78, 5) is 12.7. The first kappa shape index (κ1) is 25.4. The topological polar surface area (TPSA) is 71.2 Å². The molecular weight excluding hydrogens is 488 g/mol. The summed E-state index contributed by atoms with van der Waals surface area (Å²) >= 11 is 0. The highest BCUT2D eigenvalue weighted by Gasteiger charge is 2.45. The third-order valence-electron chi connectivity index (χ3n) is 8.40. The fourth-order valence-electron chi connectivity index (χ4n) is 6.19. The van der Waals surface area contributed by atoms with Crippen LogP contribution in [0.15, 0.2) is 67.0 Å². The van der Waals surface area contributed by atoms with Crippen molar-refractivity contribution in [1.82, 2.24) is 19.6 Å². The van der Waals surface area contributed by atoms with Gasteiger partial charge in [0, 0.05) is 42.7 Å². The number of benzene rings is 2. The molecule has 0 aliphatic heterocycles. The molecule has 2 aromatic carbocycles. The molecule has 202 valence electrons. The fourth-order valence-corrected chi connectivity index (χ4v) is 6.19. The van der Waals surface area contributed by atoms with Gasteiger partial charge in [-0.25, -0.2) is 4.79 Å². The fraction of sp³-hybridized carbons (Fsp3) is 0.406. The van der Waals surface area contributed by atoms with Gasteiger partial charge in [-0.15, -0.1) is 5.10 Å². The number of carbonyl (C=O) groups is 1. The van der Waals surface area contributed by atoms with Crippen molar-refractivity contribution in [2.24, 2.45) is 13.0 Å². The van der Waals surface area contributed by atoms with E-state index < -0.39 is 0 Å².